The van der Waals surface area contributed by atoms with Crippen LogP contribution in [0.25, 0.3) is 10.2 Å². The van der Waals surface area contributed by atoms with E-state index in [-0.39, 0.29) is 0 Å². The predicted octanol–water partition coefficient (Wildman–Crippen LogP) is 2.31. The van der Waals surface area contributed by atoms with Crippen LogP contribution in [0.3, 0.4) is 0 Å². The molecule has 0 spiro atoms. The number of pyridine rings is 1. The van der Waals surface area contributed by atoms with Crippen LogP contribution in [0.5, 0.6) is 11.6 Å². The third-order valence-electron chi connectivity index (χ3n) is 1.78. The lowest BCUT2D eigenvalue weighted by Gasteiger charge is -2.03. The van der Waals surface area contributed by atoms with Gasteiger partial charge < -0.3 is 9.47 Å². The number of aromatic nitrogens is 1. The van der Waals surface area contributed by atoms with E-state index in [0.29, 0.717) is 5.88 Å². The van der Waals surface area contributed by atoms with Crippen LogP contribution in [0.1, 0.15) is 0 Å². The maximum absolute atomic E-state index is 5.22. The Balaban J connectivity index is 2.70. The summed E-state index contributed by atoms with van der Waals surface area (Å²) in [5.41, 5.74) is 0.918. The summed E-state index contributed by atoms with van der Waals surface area (Å²) in [7, 11) is 3.24. The standard InChI is InChI=1S/C9H9NO2S/c1-11-7-5-8(12-2)10-6-3-4-13-9(6)7/h3-5H,1-2H3. The molecule has 3 nitrogen and oxygen atoms in total. The predicted molar refractivity (Wildman–Crippen MR) is 52.7 cm³/mol. The summed E-state index contributed by atoms with van der Waals surface area (Å²) in [6.07, 6.45) is 0. The van der Waals surface area contributed by atoms with Gasteiger partial charge in [-0.25, -0.2) is 4.98 Å². The van der Waals surface area contributed by atoms with Crippen molar-refractivity contribution >= 4 is 21.6 Å². The SMILES string of the molecule is COc1cc(OC)c2sccc2n1. The lowest BCUT2D eigenvalue weighted by molar-refractivity contribution is 0.387. The molecule has 0 radical (unpaired) electrons. The Labute approximate surface area is 79.9 Å². The Kier molecular flexibility index (Phi) is 2.06. The molecular formula is C9H9NO2S. The first-order valence-electron chi connectivity index (χ1n) is 3.81. The number of rotatable bonds is 2. The molecule has 2 aromatic rings. The molecule has 0 fully saturated rings. The van der Waals surface area contributed by atoms with Gasteiger partial charge in [0.25, 0.3) is 0 Å². The molecule has 0 aromatic carbocycles. The molecule has 0 aliphatic carbocycles. The Morgan fingerprint density at radius 3 is 2.85 bits per heavy atom. The van der Waals surface area contributed by atoms with E-state index in [1.165, 1.54) is 0 Å². The summed E-state index contributed by atoms with van der Waals surface area (Å²) >= 11 is 1.61. The first-order valence-corrected chi connectivity index (χ1v) is 4.69. The quantitative estimate of drug-likeness (QED) is 0.736. The number of fused-ring (bicyclic) bond motifs is 1. The van der Waals surface area contributed by atoms with Gasteiger partial charge >= 0.3 is 0 Å². The second-order valence-corrected chi connectivity index (χ2v) is 3.42. The topological polar surface area (TPSA) is 31.4 Å². The minimum atomic E-state index is 0.586. The van der Waals surface area contributed by atoms with E-state index >= 15 is 0 Å². The molecule has 0 bridgehead atoms. The van der Waals surface area contributed by atoms with Gasteiger partial charge in [0, 0.05) is 6.07 Å². The highest BCUT2D eigenvalue weighted by molar-refractivity contribution is 7.17. The lowest BCUT2D eigenvalue weighted by Crippen LogP contribution is -1.89. The zero-order valence-corrected chi connectivity index (χ0v) is 8.22. The van der Waals surface area contributed by atoms with Gasteiger partial charge in [-0.3, -0.25) is 0 Å². The van der Waals surface area contributed by atoms with E-state index in [2.05, 4.69) is 4.98 Å². The smallest absolute Gasteiger partial charge is 0.217 e. The van der Waals surface area contributed by atoms with Gasteiger partial charge in [-0.05, 0) is 11.4 Å². The molecule has 2 heterocycles. The molecule has 0 unspecified atom stereocenters. The van der Waals surface area contributed by atoms with Crippen molar-refractivity contribution in [1.29, 1.82) is 0 Å². The van der Waals surface area contributed by atoms with E-state index in [1.807, 2.05) is 11.4 Å². The minimum absolute atomic E-state index is 0.586. The monoisotopic (exact) mass is 195 g/mol. The summed E-state index contributed by atoms with van der Waals surface area (Å²) in [4.78, 5) is 4.27. The summed E-state index contributed by atoms with van der Waals surface area (Å²) in [6, 6.07) is 3.74. The average molecular weight is 195 g/mol. The maximum Gasteiger partial charge on any atom is 0.217 e. The van der Waals surface area contributed by atoms with Gasteiger partial charge in [0.1, 0.15) is 5.75 Å². The summed E-state index contributed by atoms with van der Waals surface area (Å²) in [6.45, 7) is 0. The number of thiophene rings is 1. The van der Waals surface area contributed by atoms with Crippen molar-refractivity contribution < 1.29 is 9.47 Å². The molecule has 0 saturated carbocycles. The second kappa shape index (κ2) is 3.22. The zero-order valence-electron chi connectivity index (χ0n) is 7.40. The van der Waals surface area contributed by atoms with Crippen molar-refractivity contribution in [1.82, 2.24) is 4.98 Å². The first-order chi connectivity index (χ1) is 6.35. The highest BCUT2D eigenvalue weighted by Crippen LogP contribution is 2.31. The van der Waals surface area contributed by atoms with E-state index in [0.717, 1.165) is 16.0 Å². The number of nitrogens with zero attached hydrogens (tertiary/aromatic N) is 1. The first kappa shape index (κ1) is 8.31. The summed E-state index contributed by atoms with van der Waals surface area (Å²) in [5.74, 6) is 1.40. The van der Waals surface area contributed by atoms with Gasteiger partial charge in [-0.2, -0.15) is 0 Å². The van der Waals surface area contributed by atoms with Crippen LogP contribution in [0.15, 0.2) is 17.5 Å². The largest absolute Gasteiger partial charge is 0.495 e. The molecule has 13 heavy (non-hydrogen) atoms. The van der Waals surface area contributed by atoms with Gasteiger partial charge in [-0.15, -0.1) is 11.3 Å². The fraction of sp³-hybridized carbons (Fsp3) is 0.222. The maximum atomic E-state index is 5.22. The zero-order chi connectivity index (χ0) is 9.26. The van der Waals surface area contributed by atoms with Crippen molar-refractivity contribution in [3.8, 4) is 11.6 Å². The van der Waals surface area contributed by atoms with Gasteiger partial charge in [0.05, 0.1) is 24.4 Å². The minimum Gasteiger partial charge on any atom is -0.495 e. The van der Waals surface area contributed by atoms with Crippen LogP contribution in [-0.4, -0.2) is 19.2 Å². The molecule has 2 rings (SSSR count). The molecule has 0 atom stereocenters. The van der Waals surface area contributed by atoms with Gasteiger partial charge in [0.2, 0.25) is 5.88 Å². The average Bonchev–Trinajstić information content (AvgIpc) is 2.63. The second-order valence-electron chi connectivity index (χ2n) is 2.50. The Hall–Kier alpha value is -1.29. The molecule has 68 valence electrons. The van der Waals surface area contributed by atoms with Crippen LogP contribution in [0, 0.1) is 0 Å². The Morgan fingerprint density at radius 1 is 1.31 bits per heavy atom. The van der Waals surface area contributed by atoms with Crippen molar-refractivity contribution in [3.05, 3.63) is 17.5 Å². The van der Waals surface area contributed by atoms with Crippen molar-refractivity contribution in [2.45, 2.75) is 0 Å². The molecule has 0 saturated heterocycles. The highest BCUT2D eigenvalue weighted by atomic mass is 32.1. The highest BCUT2D eigenvalue weighted by Gasteiger charge is 2.06. The summed E-state index contributed by atoms with van der Waals surface area (Å²) in [5, 5.41) is 1.99. The molecule has 4 heteroatoms. The Morgan fingerprint density at radius 2 is 2.15 bits per heavy atom. The number of hydrogen-bond donors (Lipinski definition) is 0. The van der Waals surface area contributed by atoms with Crippen LogP contribution in [-0.2, 0) is 0 Å². The Bertz CT molecular complexity index is 424. The molecule has 0 N–H and O–H groups in total. The van der Waals surface area contributed by atoms with Crippen molar-refractivity contribution in [2.24, 2.45) is 0 Å². The number of ether oxygens (including phenoxy) is 2. The third kappa shape index (κ3) is 1.33. The van der Waals surface area contributed by atoms with Crippen LogP contribution in [0.2, 0.25) is 0 Å². The molecule has 0 aliphatic heterocycles. The van der Waals surface area contributed by atoms with Crippen LogP contribution in [0.4, 0.5) is 0 Å². The molecule has 0 aliphatic rings. The summed E-state index contributed by atoms with van der Waals surface area (Å²) < 4.78 is 11.3. The normalized spacial score (nSPS) is 10.3. The van der Waals surface area contributed by atoms with E-state index in [4.69, 9.17) is 9.47 Å². The van der Waals surface area contributed by atoms with Crippen LogP contribution >= 0.6 is 11.3 Å². The van der Waals surface area contributed by atoms with Gasteiger partial charge in [-0.1, -0.05) is 0 Å². The van der Waals surface area contributed by atoms with Crippen molar-refractivity contribution in [2.75, 3.05) is 14.2 Å². The van der Waals surface area contributed by atoms with Gasteiger partial charge in [0.15, 0.2) is 0 Å². The van der Waals surface area contributed by atoms with E-state index in [1.54, 1.807) is 31.6 Å². The fourth-order valence-corrected chi connectivity index (χ4v) is 1.99. The molecule has 2 aromatic heterocycles. The lowest BCUT2D eigenvalue weighted by atomic mass is 10.4. The van der Waals surface area contributed by atoms with E-state index in [9.17, 15) is 0 Å². The van der Waals surface area contributed by atoms with Crippen molar-refractivity contribution in [3.63, 3.8) is 0 Å². The number of methoxy groups -OCH3 is 2. The van der Waals surface area contributed by atoms with Crippen LogP contribution < -0.4 is 9.47 Å². The third-order valence-corrected chi connectivity index (χ3v) is 2.70. The number of hydrogen-bond acceptors (Lipinski definition) is 4. The molecule has 0 amide bonds. The fourth-order valence-electron chi connectivity index (χ4n) is 1.16. The molecular weight excluding hydrogens is 186 g/mol. The van der Waals surface area contributed by atoms with E-state index < -0.39 is 0 Å².